The summed E-state index contributed by atoms with van der Waals surface area (Å²) < 4.78 is 7.14. The van der Waals surface area contributed by atoms with Crippen LogP contribution in [-0.4, -0.2) is 39.0 Å². The quantitative estimate of drug-likeness (QED) is 0.390. The molecule has 1 N–H and O–H groups in total. The smallest absolute Gasteiger partial charge is 0.249 e. The second kappa shape index (κ2) is 10.3. The number of nitrogens with zero attached hydrogens (tertiary/aromatic N) is 4. The first kappa shape index (κ1) is 24.4. The van der Waals surface area contributed by atoms with E-state index >= 15 is 0 Å². The van der Waals surface area contributed by atoms with Gasteiger partial charge in [0.2, 0.25) is 11.8 Å². The van der Waals surface area contributed by atoms with Gasteiger partial charge in [0, 0.05) is 16.1 Å². The number of carbonyl (C=O) groups excluding carboxylic acids is 2. The van der Waals surface area contributed by atoms with E-state index in [1.54, 1.807) is 33.8 Å². The highest BCUT2D eigenvalue weighted by molar-refractivity contribution is 7.10. The molecular formula is C26H29N5O3S. The van der Waals surface area contributed by atoms with Crippen LogP contribution < -0.4 is 15.0 Å². The van der Waals surface area contributed by atoms with Crippen molar-refractivity contribution >= 4 is 39.9 Å². The van der Waals surface area contributed by atoms with Gasteiger partial charge < -0.3 is 10.1 Å². The van der Waals surface area contributed by atoms with Crippen molar-refractivity contribution in [3.63, 3.8) is 0 Å². The van der Waals surface area contributed by atoms with E-state index in [0.29, 0.717) is 23.6 Å². The second-order valence-corrected chi connectivity index (χ2v) is 10.1. The van der Waals surface area contributed by atoms with Crippen LogP contribution in [0.1, 0.15) is 38.6 Å². The fraction of sp³-hybridized carbons (Fsp3) is 0.308. The van der Waals surface area contributed by atoms with Gasteiger partial charge in [0.05, 0.1) is 12.1 Å². The number of amides is 2. The Morgan fingerprint density at radius 3 is 2.49 bits per heavy atom. The largest absolute Gasteiger partial charge is 0.494 e. The maximum Gasteiger partial charge on any atom is 0.249 e. The summed E-state index contributed by atoms with van der Waals surface area (Å²) >= 11 is 1.43. The molecular weight excluding hydrogens is 462 g/mol. The van der Waals surface area contributed by atoms with Crippen LogP contribution in [-0.2, 0) is 16.1 Å². The lowest BCUT2D eigenvalue weighted by Gasteiger charge is -2.33. The van der Waals surface area contributed by atoms with Crippen LogP contribution in [0, 0.1) is 0 Å². The minimum atomic E-state index is -0.852. The number of nitrogens with one attached hydrogen (secondary N) is 1. The molecule has 0 spiro atoms. The summed E-state index contributed by atoms with van der Waals surface area (Å²) in [7, 11) is 0. The number of thiophene rings is 1. The Kier molecular flexibility index (Phi) is 7.16. The molecule has 2 heterocycles. The zero-order chi connectivity index (χ0) is 25.0. The van der Waals surface area contributed by atoms with Gasteiger partial charge in [0.15, 0.2) is 0 Å². The minimum Gasteiger partial charge on any atom is -0.494 e. The number of rotatable bonds is 8. The molecule has 0 fully saturated rings. The van der Waals surface area contributed by atoms with Crippen molar-refractivity contribution in [3.05, 3.63) is 70.9 Å². The van der Waals surface area contributed by atoms with Gasteiger partial charge in [0.1, 0.15) is 23.9 Å². The van der Waals surface area contributed by atoms with Crippen LogP contribution in [0.3, 0.4) is 0 Å². The van der Waals surface area contributed by atoms with Crippen LogP contribution in [0.25, 0.3) is 11.0 Å². The van der Waals surface area contributed by atoms with Gasteiger partial charge in [-0.3, -0.25) is 14.5 Å². The molecule has 0 saturated carbocycles. The van der Waals surface area contributed by atoms with Crippen LogP contribution in [0.15, 0.2) is 66.0 Å². The predicted octanol–water partition coefficient (Wildman–Crippen LogP) is 4.58. The van der Waals surface area contributed by atoms with E-state index in [1.165, 1.54) is 11.3 Å². The van der Waals surface area contributed by atoms with Crippen molar-refractivity contribution in [2.75, 3.05) is 11.5 Å². The first-order valence-electron chi connectivity index (χ1n) is 11.5. The van der Waals surface area contributed by atoms with Crippen molar-refractivity contribution in [1.29, 1.82) is 0 Å². The Balaban J connectivity index is 1.77. The SMILES string of the molecule is CCOc1ccc(N(C(=O)Cn2nnc3ccccc32)[C@H](C(=O)NC(C)(C)C)c2cccs2)cc1. The summed E-state index contributed by atoms with van der Waals surface area (Å²) in [6.45, 7) is 8.13. The fourth-order valence-corrected chi connectivity index (χ4v) is 4.62. The molecule has 4 rings (SSSR count). The zero-order valence-corrected chi connectivity index (χ0v) is 21.1. The van der Waals surface area contributed by atoms with Crippen LogP contribution in [0.5, 0.6) is 5.75 Å². The van der Waals surface area contributed by atoms with E-state index in [0.717, 1.165) is 10.4 Å². The molecule has 2 aromatic heterocycles. The van der Waals surface area contributed by atoms with E-state index < -0.39 is 11.6 Å². The first-order chi connectivity index (χ1) is 16.8. The Bertz CT molecular complexity index is 1290. The molecule has 0 aliphatic carbocycles. The molecule has 0 aliphatic heterocycles. The predicted molar refractivity (Wildman–Crippen MR) is 138 cm³/mol. The molecule has 1 atom stereocenters. The van der Waals surface area contributed by atoms with E-state index in [1.807, 2.05) is 69.5 Å². The van der Waals surface area contributed by atoms with Crippen LogP contribution >= 0.6 is 11.3 Å². The van der Waals surface area contributed by atoms with Gasteiger partial charge in [-0.1, -0.05) is 23.4 Å². The lowest BCUT2D eigenvalue weighted by Crippen LogP contribution is -2.50. The third-order valence-electron chi connectivity index (χ3n) is 5.22. The highest BCUT2D eigenvalue weighted by Gasteiger charge is 2.35. The summed E-state index contributed by atoms with van der Waals surface area (Å²) in [6.07, 6.45) is 0. The van der Waals surface area contributed by atoms with Gasteiger partial charge in [-0.2, -0.15) is 0 Å². The van der Waals surface area contributed by atoms with E-state index in [4.69, 9.17) is 4.74 Å². The molecule has 182 valence electrons. The molecule has 0 aliphatic rings. The van der Waals surface area contributed by atoms with E-state index in [-0.39, 0.29) is 18.4 Å². The Morgan fingerprint density at radius 2 is 1.83 bits per heavy atom. The molecule has 9 heteroatoms. The highest BCUT2D eigenvalue weighted by Crippen LogP contribution is 2.32. The molecule has 0 unspecified atom stereocenters. The summed E-state index contributed by atoms with van der Waals surface area (Å²) in [5, 5.41) is 13.3. The number of carbonyl (C=O) groups is 2. The summed E-state index contributed by atoms with van der Waals surface area (Å²) in [4.78, 5) is 29.8. The second-order valence-electron chi connectivity index (χ2n) is 9.08. The average molecular weight is 492 g/mol. The maximum absolute atomic E-state index is 13.9. The number of benzene rings is 2. The Hall–Kier alpha value is -3.72. The molecule has 0 radical (unpaired) electrons. The average Bonchev–Trinajstić information content (AvgIpc) is 3.48. The summed E-state index contributed by atoms with van der Waals surface area (Å²) in [5.74, 6) is 0.149. The zero-order valence-electron chi connectivity index (χ0n) is 20.3. The van der Waals surface area contributed by atoms with Gasteiger partial charge in [0.25, 0.3) is 0 Å². The van der Waals surface area contributed by atoms with Crippen molar-refractivity contribution < 1.29 is 14.3 Å². The van der Waals surface area contributed by atoms with Crippen molar-refractivity contribution in [2.45, 2.75) is 45.8 Å². The van der Waals surface area contributed by atoms with Crippen molar-refractivity contribution in [2.24, 2.45) is 0 Å². The first-order valence-corrected chi connectivity index (χ1v) is 12.3. The summed E-state index contributed by atoms with van der Waals surface area (Å²) in [6, 6.07) is 17.6. The van der Waals surface area contributed by atoms with Crippen LogP contribution in [0.2, 0.25) is 0 Å². The van der Waals surface area contributed by atoms with Crippen molar-refractivity contribution in [1.82, 2.24) is 20.3 Å². The van der Waals surface area contributed by atoms with Gasteiger partial charge in [-0.15, -0.1) is 16.4 Å². The molecule has 2 amide bonds. The number of aromatic nitrogens is 3. The monoisotopic (exact) mass is 491 g/mol. The number of fused-ring (bicyclic) bond motifs is 1. The Morgan fingerprint density at radius 1 is 1.09 bits per heavy atom. The van der Waals surface area contributed by atoms with Crippen molar-refractivity contribution in [3.8, 4) is 5.75 Å². The number of anilines is 1. The minimum absolute atomic E-state index is 0.0710. The fourth-order valence-electron chi connectivity index (χ4n) is 3.80. The summed E-state index contributed by atoms with van der Waals surface area (Å²) in [5.41, 5.74) is 1.57. The number of ether oxygens (including phenoxy) is 1. The number of hydrogen-bond donors (Lipinski definition) is 1. The normalized spacial score (nSPS) is 12.3. The van der Waals surface area contributed by atoms with E-state index in [2.05, 4.69) is 15.6 Å². The lowest BCUT2D eigenvalue weighted by atomic mass is 10.1. The van der Waals surface area contributed by atoms with Gasteiger partial charge in [-0.05, 0) is 75.5 Å². The molecule has 35 heavy (non-hydrogen) atoms. The molecule has 0 bridgehead atoms. The number of para-hydroxylation sites is 1. The molecule has 8 nitrogen and oxygen atoms in total. The third-order valence-corrected chi connectivity index (χ3v) is 6.14. The maximum atomic E-state index is 13.9. The highest BCUT2D eigenvalue weighted by atomic mass is 32.1. The standard InChI is InChI=1S/C26H29N5O3S/c1-5-34-19-14-12-18(13-15-19)31(23(32)17-30-21-10-7-6-9-20(21)28-29-30)24(22-11-8-16-35-22)25(33)27-26(2,3)4/h6-16,24H,5,17H2,1-4H3,(H,27,33)/t24-/m0/s1. The van der Waals surface area contributed by atoms with Crippen LogP contribution in [0.4, 0.5) is 5.69 Å². The molecule has 0 saturated heterocycles. The molecule has 4 aromatic rings. The lowest BCUT2D eigenvalue weighted by molar-refractivity contribution is -0.127. The van der Waals surface area contributed by atoms with E-state index in [9.17, 15) is 9.59 Å². The number of hydrogen-bond acceptors (Lipinski definition) is 6. The third kappa shape index (κ3) is 5.68. The van der Waals surface area contributed by atoms with Gasteiger partial charge in [-0.25, -0.2) is 4.68 Å². The Labute approximate surface area is 208 Å². The van der Waals surface area contributed by atoms with Gasteiger partial charge >= 0.3 is 0 Å². The molecule has 2 aromatic carbocycles. The topological polar surface area (TPSA) is 89.3 Å².